The SMILES string of the molecule is O=C(NCCn1nnc2ccccc21)C(c1cccnc1)N1CCOCC1. The Kier molecular flexibility index (Phi) is 5.36. The molecule has 27 heavy (non-hydrogen) atoms. The van der Waals surface area contributed by atoms with E-state index in [2.05, 4.69) is 25.5 Å². The third-order valence-corrected chi connectivity index (χ3v) is 4.70. The number of amides is 1. The number of carbonyl (C=O) groups excluding carboxylic acids is 1. The molecule has 1 amide bonds. The Morgan fingerprint density at radius 1 is 1.19 bits per heavy atom. The van der Waals surface area contributed by atoms with E-state index in [4.69, 9.17) is 4.74 Å². The van der Waals surface area contributed by atoms with Crippen molar-refractivity contribution in [1.29, 1.82) is 0 Å². The van der Waals surface area contributed by atoms with Crippen molar-refractivity contribution in [3.05, 3.63) is 54.4 Å². The number of nitrogens with one attached hydrogen (secondary N) is 1. The highest BCUT2D eigenvalue weighted by Gasteiger charge is 2.29. The molecule has 1 fully saturated rings. The number of carbonyl (C=O) groups is 1. The molecule has 1 N–H and O–H groups in total. The number of rotatable bonds is 6. The number of morpholine rings is 1. The van der Waals surface area contributed by atoms with Crippen molar-refractivity contribution >= 4 is 16.9 Å². The van der Waals surface area contributed by atoms with E-state index in [1.165, 1.54) is 0 Å². The van der Waals surface area contributed by atoms with E-state index in [0.717, 1.165) is 29.7 Å². The van der Waals surface area contributed by atoms with Crippen molar-refractivity contribution in [2.24, 2.45) is 0 Å². The lowest BCUT2D eigenvalue weighted by Crippen LogP contribution is -2.46. The minimum atomic E-state index is -0.366. The van der Waals surface area contributed by atoms with Crippen molar-refractivity contribution in [1.82, 2.24) is 30.2 Å². The molecule has 0 aliphatic carbocycles. The van der Waals surface area contributed by atoms with Gasteiger partial charge < -0.3 is 10.1 Å². The van der Waals surface area contributed by atoms with Crippen LogP contribution >= 0.6 is 0 Å². The van der Waals surface area contributed by atoms with E-state index in [-0.39, 0.29) is 11.9 Å². The molecule has 3 aromatic rings. The third-order valence-electron chi connectivity index (χ3n) is 4.70. The van der Waals surface area contributed by atoms with Gasteiger partial charge >= 0.3 is 0 Å². The third kappa shape index (κ3) is 3.96. The molecule has 140 valence electrons. The van der Waals surface area contributed by atoms with E-state index in [1.807, 2.05) is 41.1 Å². The first-order valence-electron chi connectivity index (χ1n) is 9.10. The molecule has 1 atom stereocenters. The summed E-state index contributed by atoms with van der Waals surface area (Å²) in [6.07, 6.45) is 3.47. The minimum Gasteiger partial charge on any atom is -0.379 e. The van der Waals surface area contributed by atoms with Crippen molar-refractivity contribution in [2.75, 3.05) is 32.8 Å². The Hall–Kier alpha value is -2.84. The van der Waals surface area contributed by atoms with E-state index >= 15 is 0 Å². The maximum absolute atomic E-state index is 13.0. The quantitative estimate of drug-likeness (QED) is 0.701. The number of fused-ring (bicyclic) bond motifs is 1. The van der Waals surface area contributed by atoms with Gasteiger partial charge in [-0.05, 0) is 23.8 Å². The highest BCUT2D eigenvalue weighted by atomic mass is 16.5. The van der Waals surface area contributed by atoms with E-state index in [1.54, 1.807) is 12.4 Å². The van der Waals surface area contributed by atoms with Crippen LogP contribution in [0, 0.1) is 0 Å². The van der Waals surface area contributed by atoms with Crippen LogP contribution in [-0.4, -0.2) is 63.6 Å². The maximum atomic E-state index is 13.0. The lowest BCUT2D eigenvalue weighted by molar-refractivity contribution is -0.128. The van der Waals surface area contributed by atoms with Gasteiger partial charge in [-0.2, -0.15) is 0 Å². The van der Waals surface area contributed by atoms with Crippen LogP contribution in [-0.2, 0) is 16.1 Å². The Labute approximate surface area is 157 Å². The van der Waals surface area contributed by atoms with Crippen LogP contribution in [0.15, 0.2) is 48.8 Å². The molecule has 4 rings (SSSR count). The molecule has 3 heterocycles. The molecular weight excluding hydrogens is 344 g/mol. The summed E-state index contributed by atoms with van der Waals surface area (Å²) in [5, 5.41) is 11.3. The van der Waals surface area contributed by atoms with Crippen molar-refractivity contribution < 1.29 is 9.53 Å². The first kappa shape index (κ1) is 17.6. The first-order chi connectivity index (χ1) is 13.3. The van der Waals surface area contributed by atoms with Gasteiger partial charge in [0.05, 0.1) is 25.3 Å². The molecule has 8 heteroatoms. The number of para-hydroxylation sites is 1. The predicted molar refractivity (Wildman–Crippen MR) is 99.9 cm³/mol. The van der Waals surface area contributed by atoms with Crippen LogP contribution in [0.1, 0.15) is 11.6 Å². The molecule has 1 aromatic carbocycles. The van der Waals surface area contributed by atoms with E-state index in [0.29, 0.717) is 26.3 Å². The van der Waals surface area contributed by atoms with Crippen LogP contribution in [0.2, 0.25) is 0 Å². The van der Waals surface area contributed by atoms with Gasteiger partial charge in [0.25, 0.3) is 0 Å². The van der Waals surface area contributed by atoms with Gasteiger partial charge in [0.1, 0.15) is 11.6 Å². The number of pyridine rings is 1. The Morgan fingerprint density at radius 2 is 2.04 bits per heavy atom. The summed E-state index contributed by atoms with van der Waals surface area (Å²) in [6, 6.07) is 11.2. The second kappa shape index (κ2) is 8.24. The highest BCUT2D eigenvalue weighted by Crippen LogP contribution is 2.21. The summed E-state index contributed by atoms with van der Waals surface area (Å²) in [7, 11) is 0. The predicted octanol–water partition coefficient (Wildman–Crippen LogP) is 1.02. The maximum Gasteiger partial charge on any atom is 0.242 e. The molecular formula is C19H22N6O2. The van der Waals surface area contributed by atoms with Gasteiger partial charge in [0.2, 0.25) is 5.91 Å². The number of hydrogen-bond donors (Lipinski definition) is 1. The standard InChI is InChI=1S/C19H22N6O2/c26-19(21-8-9-25-17-6-2-1-5-16(17)22-23-25)18(15-4-3-7-20-14-15)24-10-12-27-13-11-24/h1-7,14,18H,8-13H2,(H,21,26). The lowest BCUT2D eigenvalue weighted by atomic mass is 10.1. The molecule has 0 radical (unpaired) electrons. The number of hydrogen-bond acceptors (Lipinski definition) is 6. The second-order valence-electron chi connectivity index (χ2n) is 6.43. The number of aromatic nitrogens is 4. The van der Waals surface area contributed by atoms with Gasteiger partial charge in [0, 0.05) is 32.0 Å². The minimum absolute atomic E-state index is 0.0330. The Morgan fingerprint density at radius 3 is 2.85 bits per heavy atom. The smallest absolute Gasteiger partial charge is 0.242 e. The summed E-state index contributed by atoms with van der Waals surface area (Å²) in [5.41, 5.74) is 2.71. The van der Waals surface area contributed by atoms with Gasteiger partial charge in [-0.25, -0.2) is 4.68 Å². The number of benzene rings is 1. The van der Waals surface area contributed by atoms with Gasteiger partial charge in [-0.1, -0.05) is 23.4 Å². The fraction of sp³-hybridized carbons (Fsp3) is 0.368. The zero-order chi connectivity index (χ0) is 18.5. The summed E-state index contributed by atoms with van der Waals surface area (Å²) in [4.78, 5) is 19.3. The zero-order valence-electron chi connectivity index (χ0n) is 15.0. The molecule has 0 spiro atoms. The van der Waals surface area contributed by atoms with E-state index < -0.39 is 0 Å². The zero-order valence-corrected chi connectivity index (χ0v) is 15.0. The molecule has 2 aromatic heterocycles. The summed E-state index contributed by atoms with van der Waals surface area (Å²) in [6.45, 7) is 3.76. The first-order valence-corrected chi connectivity index (χ1v) is 9.10. The molecule has 0 saturated carbocycles. The molecule has 0 bridgehead atoms. The molecule has 1 saturated heterocycles. The van der Waals surface area contributed by atoms with Crippen LogP contribution < -0.4 is 5.32 Å². The van der Waals surface area contributed by atoms with Crippen molar-refractivity contribution in [2.45, 2.75) is 12.6 Å². The summed E-state index contributed by atoms with van der Waals surface area (Å²) >= 11 is 0. The normalized spacial score (nSPS) is 16.3. The fourth-order valence-electron chi connectivity index (χ4n) is 3.37. The fourth-order valence-corrected chi connectivity index (χ4v) is 3.37. The van der Waals surface area contributed by atoms with Gasteiger partial charge in [-0.15, -0.1) is 5.10 Å². The largest absolute Gasteiger partial charge is 0.379 e. The monoisotopic (exact) mass is 366 g/mol. The highest BCUT2D eigenvalue weighted by molar-refractivity contribution is 5.83. The Balaban J connectivity index is 1.43. The van der Waals surface area contributed by atoms with Crippen LogP contribution in [0.25, 0.3) is 11.0 Å². The molecule has 1 aliphatic rings. The topological polar surface area (TPSA) is 85.2 Å². The average molecular weight is 366 g/mol. The number of nitrogens with zero attached hydrogens (tertiary/aromatic N) is 5. The van der Waals surface area contributed by atoms with Crippen molar-refractivity contribution in [3.63, 3.8) is 0 Å². The van der Waals surface area contributed by atoms with Crippen molar-refractivity contribution in [3.8, 4) is 0 Å². The Bertz CT molecular complexity index is 891. The summed E-state index contributed by atoms with van der Waals surface area (Å²) in [5.74, 6) is -0.0330. The van der Waals surface area contributed by atoms with Crippen LogP contribution in [0.5, 0.6) is 0 Å². The lowest BCUT2D eigenvalue weighted by Gasteiger charge is -2.33. The van der Waals surface area contributed by atoms with Gasteiger partial charge in [0.15, 0.2) is 0 Å². The number of ether oxygens (including phenoxy) is 1. The average Bonchev–Trinajstić information content (AvgIpc) is 3.13. The molecule has 1 unspecified atom stereocenters. The van der Waals surface area contributed by atoms with Crippen LogP contribution in [0.4, 0.5) is 0 Å². The molecule has 1 aliphatic heterocycles. The summed E-state index contributed by atoms with van der Waals surface area (Å²) < 4.78 is 7.24. The van der Waals surface area contributed by atoms with Crippen LogP contribution in [0.3, 0.4) is 0 Å². The second-order valence-corrected chi connectivity index (χ2v) is 6.43. The van der Waals surface area contributed by atoms with Gasteiger partial charge in [-0.3, -0.25) is 14.7 Å². The molecule has 8 nitrogen and oxygen atoms in total. The van der Waals surface area contributed by atoms with E-state index in [9.17, 15) is 4.79 Å².